The van der Waals surface area contributed by atoms with Crippen molar-refractivity contribution in [2.45, 2.75) is 72.1 Å². The lowest BCUT2D eigenvalue weighted by molar-refractivity contribution is -0.298. The highest BCUT2D eigenvalue weighted by molar-refractivity contribution is 5.97. The number of hydrogen-bond acceptors (Lipinski definition) is 4. The first-order valence-corrected chi connectivity index (χ1v) is 12.7. The molecule has 0 aromatic heterocycles. The first-order valence-electron chi connectivity index (χ1n) is 12.7. The molecule has 0 saturated heterocycles. The van der Waals surface area contributed by atoms with Crippen LogP contribution in [0.15, 0.2) is 41.4 Å². The number of ether oxygens (including phenoxy) is 1. The van der Waals surface area contributed by atoms with Crippen LogP contribution in [0.1, 0.15) is 76.8 Å². The SMILES string of the molecule is COc1cc2c(cc1CCC(=O)O)N=C(Nc1ccc(C(C)C)cc1)[N+]2=CC1CCCC(C)(C)C1. The Morgan fingerprint density at radius 2 is 2.03 bits per heavy atom. The molecule has 1 unspecified atom stereocenters. The highest BCUT2D eigenvalue weighted by Crippen LogP contribution is 2.42. The molecule has 186 valence electrons. The Morgan fingerprint density at radius 1 is 1.29 bits per heavy atom. The topological polar surface area (TPSA) is 73.9 Å². The van der Waals surface area contributed by atoms with E-state index < -0.39 is 5.97 Å². The number of carbonyl (C=O) groups is 1. The van der Waals surface area contributed by atoms with Crippen LogP contribution >= 0.6 is 0 Å². The number of fused-ring (bicyclic) bond motifs is 1. The van der Waals surface area contributed by atoms with Crippen molar-refractivity contribution in [3.8, 4) is 5.75 Å². The molecule has 2 N–H and O–H groups in total. The van der Waals surface area contributed by atoms with Crippen molar-refractivity contribution in [1.29, 1.82) is 0 Å². The second kappa shape index (κ2) is 10.2. The maximum atomic E-state index is 11.2. The van der Waals surface area contributed by atoms with Gasteiger partial charge in [0.05, 0.1) is 19.0 Å². The summed E-state index contributed by atoms with van der Waals surface area (Å²) in [6, 6.07) is 12.5. The molecule has 6 nitrogen and oxygen atoms in total. The van der Waals surface area contributed by atoms with Crippen LogP contribution < -0.4 is 10.1 Å². The fraction of sp³-hybridized carbons (Fsp3) is 0.483. The molecule has 2 aromatic rings. The maximum Gasteiger partial charge on any atom is 0.402 e. The summed E-state index contributed by atoms with van der Waals surface area (Å²) in [5.74, 6) is 1.58. The number of aryl methyl sites for hydroxylation is 1. The summed E-state index contributed by atoms with van der Waals surface area (Å²) in [5, 5.41) is 12.7. The molecule has 1 heterocycles. The van der Waals surface area contributed by atoms with E-state index in [0.29, 0.717) is 29.4 Å². The van der Waals surface area contributed by atoms with Crippen LogP contribution in [0, 0.1) is 11.3 Å². The predicted octanol–water partition coefficient (Wildman–Crippen LogP) is 6.88. The third kappa shape index (κ3) is 5.92. The number of rotatable bonds is 7. The number of carboxylic acids is 1. The lowest BCUT2D eigenvalue weighted by Crippen LogP contribution is -2.29. The number of nitrogens with zero attached hydrogens (tertiary/aromatic N) is 2. The van der Waals surface area contributed by atoms with Gasteiger partial charge in [-0.25, -0.2) is 9.89 Å². The van der Waals surface area contributed by atoms with Crippen molar-refractivity contribution in [2.75, 3.05) is 12.4 Å². The van der Waals surface area contributed by atoms with Gasteiger partial charge in [0.1, 0.15) is 5.75 Å². The Balaban J connectivity index is 1.71. The third-order valence-electron chi connectivity index (χ3n) is 7.14. The van der Waals surface area contributed by atoms with E-state index in [2.05, 4.69) is 68.1 Å². The zero-order valence-electron chi connectivity index (χ0n) is 21.6. The fourth-order valence-electron chi connectivity index (χ4n) is 5.21. The van der Waals surface area contributed by atoms with Crippen molar-refractivity contribution in [3.05, 3.63) is 47.5 Å². The molecule has 0 amide bonds. The number of methoxy groups -OCH3 is 1. The smallest absolute Gasteiger partial charge is 0.402 e. The van der Waals surface area contributed by atoms with Gasteiger partial charge in [0.15, 0.2) is 11.4 Å². The summed E-state index contributed by atoms with van der Waals surface area (Å²) in [5.41, 5.74) is 5.27. The molecule has 2 aromatic carbocycles. The Kier molecular flexibility index (Phi) is 7.29. The second-order valence-electron chi connectivity index (χ2n) is 10.9. The van der Waals surface area contributed by atoms with Crippen LogP contribution in [0.3, 0.4) is 0 Å². The van der Waals surface area contributed by atoms with Crippen LogP contribution in [0.5, 0.6) is 5.75 Å². The first-order chi connectivity index (χ1) is 16.6. The van der Waals surface area contributed by atoms with Crippen molar-refractivity contribution < 1.29 is 19.2 Å². The average molecular weight is 477 g/mol. The van der Waals surface area contributed by atoms with Crippen molar-refractivity contribution in [1.82, 2.24) is 0 Å². The minimum atomic E-state index is -0.821. The van der Waals surface area contributed by atoms with E-state index >= 15 is 0 Å². The molecule has 1 atom stereocenters. The molecule has 0 spiro atoms. The number of carboxylic acid groups (broad SMARTS) is 1. The second-order valence-corrected chi connectivity index (χ2v) is 10.9. The van der Waals surface area contributed by atoms with Crippen LogP contribution in [-0.4, -0.2) is 34.9 Å². The minimum Gasteiger partial charge on any atom is -0.496 e. The van der Waals surface area contributed by atoms with Gasteiger partial charge in [0, 0.05) is 18.4 Å². The van der Waals surface area contributed by atoms with E-state index in [1.807, 2.05) is 12.1 Å². The zero-order valence-corrected chi connectivity index (χ0v) is 21.6. The van der Waals surface area contributed by atoms with Crippen LogP contribution in [0.4, 0.5) is 17.1 Å². The number of nitrogens with one attached hydrogen (secondary N) is 1. The molecule has 1 aliphatic carbocycles. The van der Waals surface area contributed by atoms with Crippen molar-refractivity contribution in [3.63, 3.8) is 0 Å². The van der Waals surface area contributed by atoms with E-state index in [9.17, 15) is 4.79 Å². The van der Waals surface area contributed by atoms with Crippen LogP contribution in [0.2, 0.25) is 0 Å². The van der Waals surface area contributed by atoms with Gasteiger partial charge in [-0.15, -0.1) is 0 Å². The Hall–Kier alpha value is -3.15. The Labute approximate surface area is 208 Å². The number of hydrogen-bond donors (Lipinski definition) is 2. The molecule has 6 heteroatoms. The molecule has 35 heavy (non-hydrogen) atoms. The van der Waals surface area contributed by atoms with Crippen molar-refractivity contribution >= 4 is 35.2 Å². The van der Waals surface area contributed by atoms with E-state index in [1.54, 1.807) is 7.11 Å². The molecular formula is C29H38N3O3+. The van der Waals surface area contributed by atoms with Gasteiger partial charge in [0.25, 0.3) is 0 Å². The molecule has 4 rings (SSSR count). The molecule has 0 bridgehead atoms. The Morgan fingerprint density at radius 3 is 2.66 bits per heavy atom. The monoisotopic (exact) mass is 476 g/mol. The number of aliphatic imine (C=N–C) groups is 1. The van der Waals surface area contributed by atoms with Crippen LogP contribution in [0.25, 0.3) is 0 Å². The van der Waals surface area contributed by atoms with Gasteiger partial charge in [-0.1, -0.05) is 51.2 Å². The predicted molar refractivity (Wildman–Crippen MR) is 142 cm³/mol. The molecule has 0 radical (unpaired) electrons. The maximum absolute atomic E-state index is 11.2. The molecule has 1 saturated carbocycles. The number of benzene rings is 2. The van der Waals surface area contributed by atoms with Gasteiger partial charge in [-0.05, 0) is 66.3 Å². The molecule has 2 aliphatic rings. The lowest BCUT2D eigenvalue weighted by atomic mass is 9.72. The summed E-state index contributed by atoms with van der Waals surface area (Å²) >= 11 is 0. The van der Waals surface area contributed by atoms with E-state index in [1.165, 1.54) is 24.8 Å². The summed E-state index contributed by atoms with van der Waals surface area (Å²) in [7, 11) is 1.63. The van der Waals surface area contributed by atoms with Gasteiger partial charge in [0.2, 0.25) is 0 Å². The standard InChI is InChI=1S/C29H37N3O3/c1-19(2)21-8-11-23(12-9-21)30-28-31-24-15-22(10-13-27(33)34)26(35-5)16-25(24)32(28)18-20-7-6-14-29(3,4)17-20/h8-9,11-12,15-16,18-20H,6-7,10,13-14,17H2,1-5H3,(H-,30,31,33,34)/p+1. The van der Waals surface area contributed by atoms with Gasteiger partial charge in [-0.2, -0.15) is 0 Å². The minimum absolute atomic E-state index is 0.0547. The third-order valence-corrected chi connectivity index (χ3v) is 7.14. The highest BCUT2D eigenvalue weighted by atomic mass is 16.5. The fourth-order valence-corrected chi connectivity index (χ4v) is 5.21. The average Bonchev–Trinajstić information content (AvgIpc) is 3.12. The molecule has 1 fully saturated rings. The quantitative estimate of drug-likeness (QED) is 0.427. The van der Waals surface area contributed by atoms with Crippen LogP contribution in [-0.2, 0) is 11.2 Å². The summed E-state index contributed by atoms with van der Waals surface area (Å²) < 4.78 is 7.83. The van der Waals surface area contributed by atoms with E-state index in [-0.39, 0.29) is 6.42 Å². The van der Waals surface area contributed by atoms with Gasteiger partial charge >= 0.3 is 11.9 Å². The first kappa shape index (κ1) is 25.0. The van der Waals surface area contributed by atoms with Gasteiger partial charge in [-0.3, -0.25) is 4.79 Å². The number of guanidine groups is 1. The van der Waals surface area contributed by atoms with Crippen molar-refractivity contribution in [2.24, 2.45) is 16.3 Å². The molecule has 1 aliphatic heterocycles. The lowest BCUT2D eigenvalue weighted by Gasteiger charge is -2.33. The van der Waals surface area contributed by atoms with Gasteiger partial charge < -0.3 is 9.84 Å². The number of aliphatic carboxylic acids is 1. The normalized spacial score (nSPS) is 20.0. The largest absolute Gasteiger partial charge is 0.496 e. The van der Waals surface area contributed by atoms with E-state index in [0.717, 1.165) is 35.0 Å². The highest BCUT2D eigenvalue weighted by Gasteiger charge is 2.34. The number of anilines is 1. The van der Waals surface area contributed by atoms with E-state index in [4.69, 9.17) is 14.8 Å². The molecular weight excluding hydrogens is 438 g/mol. The zero-order chi connectivity index (χ0) is 25.2. The summed E-state index contributed by atoms with van der Waals surface area (Å²) in [6.07, 6.45) is 7.57. The Bertz CT molecular complexity index is 1150. The summed E-state index contributed by atoms with van der Waals surface area (Å²) in [6.45, 7) is 9.09. The summed E-state index contributed by atoms with van der Waals surface area (Å²) in [4.78, 5) is 16.1.